The molecule has 1 aliphatic rings. The molecule has 0 aliphatic carbocycles. The van der Waals surface area contributed by atoms with Gasteiger partial charge in [-0.2, -0.15) is 0 Å². The SMILES string of the molecule is [2H]C([2H])([2H])NC([2H])([2H])[C@H](O)c1cccc(O[C@@H]2O[C@H](C(=O)O)[C@@H](O)[C@H](O)[C@H]2O)c1. The van der Waals surface area contributed by atoms with Gasteiger partial charge in [0.25, 0.3) is 0 Å². The molecule has 134 valence electrons. The number of aliphatic hydroxyl groups is 4. The zero-order valence-corrected chi connectivity index (χ0v) is 12.2. The summed E-state index contributed by atoms with van der Waals surface area (Å²) >= 11 is 0. The minimum Gasteiger partial charge on any atom is -0.479 e. The molecule has 0 radical (unpaired) electrons. The van der Waals surface area contributed by atoms with Gasteiger partial charge in [-0.1, -0.05) is 12.1 Å². The first-order chi connectivity index (χ1) is 13.2. The van der Waals surface area contributed by atoms with Crippen molar-refractivity contribution in [1.29, 1.82) is 0 Å². The molecule has 2 rings (SSSR count). The van der Waals surface area contributed by atoms with E-state index in [-0.39, 0.29) is 11.3 Å². The molecule has 1 aromatic rings. The minimum atomic E-state index is -2.86. The van der Waals surface area contributed by atoms with Crippen molar-refractivity contribution in [2.45, 2.75) is 36.8 Å². The van der Waals surface area contributed by atoms with Gasteiger partial charge in [0.1, 0.15) is 24.1 Å². The van der Waals surface area contributed by atoms with Gasteiger partial charge in [0.2, 0.25) is 6.29 Å². The number of rotatable bonds is 6. The van der Waals surface area contributed by atoms with E-state index in [0.717, 1.165) is 6.07 Å². The van der Waals surface area contributed by atoms with Crippen LogP contribution in [-0.2, 0) is 9.53 Å². The van der Waals surface area contributed by atoms with Crippen LogP contribution in [-0.4, -0.2) is 75.7 Å². The number of nitrogens with one attached hydrogen (secondary N) is 1. The topological polar surface area (TPSA) is 149 Å². The largest absolute Gasteiger partial charge is 0.479 e. The molecule has 1 aromatic carbocycles. The fourth-order valence-corrected chi connectivity index (χ4v) is 2.19. The molecule has 1 fully saturated rings. The number of carboxylic acids is 1. The Kier molecular flexibility index (Phi) is 4.13. The van der Waals surface area contributed by atoms with Crippen LogP contribution < -0.4 is 10.1 Å². The van der Waals surface area contributed by atoms with Gasteiger partial charge >= 0.3 is 5.97 Å². The molecule has 6 N–H and O–H groups in total. The van der Waals surface area contributed by atoms with Crippen molar-refractivity contribution in [3.05, 3.63) is 29.8 Å². The van der Waals surface area contributed by atoms with Crippen molar-refractivity contribution < 1.29 is 46.7 Å². The fraction of sp³-hybridized carbons (Fsp3) is 0.533. The van der Waals surface area contributed by atoms with E-state index in [4.69, 9.17) is 21.4 Å². The summed E-state index contributed by atoms with van der Waals surface area (Å²) in [5.74, 6) is -1.70. The molecule has 9 heteroatoms. The Morgan fingerprint density at radius 2 is 2.17 bits per heavy atom. The number of carbonyl (C=O) groups is 1. The van der Waals surface area contributed by atoms with E-state index in [0.29, 0.717) is 0 Å². The fourth-order valence-electron chi connectivity index (χ4n) is 2.19. The third-order valence-electron chi connectivity index (χ3n) is 3.45. The predicted octanol–water partition coefficient (Wildman–Crippen LogP) is -1.79. The minimum absolute atomic E-state index is 0.0927. The van der Waals surface area contributed by atoms with Crippen LogP contribution in [0.15, 0.2) is 24.3 Å². The molecule has 0 spiro atoms. The standard InChI is InChI=1S/C15H21NO8/c1-16-6-9(17)7-3-2-4-8(5-7)23-15-12(20)10(18)11(19)13(24-15)14(21)22/h2-5,9-13,15-20H,6H2,1H3,(H,21,22)/t9-,10-,11-,12+,13-,15+/m0/s1/i1D3,6D2. The molecule has 1 heterocycles. The highest BCUT2D eigenvalue weighted by atomic mass is 16.7. The summed E-state index contributed by atoms with van der Waals surface area (Å²) < 4.78 is 46.9. The van der Waals surface area contributed by atoms with E-state index in [9.17, 15) is 25.2 Å². The first-order valence-corrected chi connectivity index (χ1v) is 6.89. The molecule has 1 aliphatic heterocycles. The Morgan fingerprint density at radius 3 is 2.83 bits per heavy atom. The van der Waals surface area contributed by atoms with Crippen molar-refractivity contribution in [2.75, 3.05) is 13.5 Å². The van der Waals surface area contributed by atoms with E-state index < -0.39 is 56.3 Å². The third-order valence-corrected chi connectivity index (χ3v) is 3.45. The van der Waals surface area contributed by atoms with Crippen molar-refractivity contribution >= 4 is 5.97 Å². The van der Waals surface area contributed by atoms with Gasteiger partial charge in [-0.15, -0.1) is 0 Å². The number of benzene rings is 1. The van der Waals surface area contributed by atoms with Gasteiger partial charge in [0, 0.05) is 13.4 Å². The zero-order chi connectivity index (χ0) is 22.1. The second-order valence-electron chi connectivity index (χ2n) is 5.10. The highest BCUT2D eigenvalue weighted by Gasteiger charge is 2.48. The quantitative estimate of drug-likeness (QED) is 0.350. The summed E-state index contributed by atoms with van der Waals surface area (Å²) in [5.41, 5.74) is -0.0927. The summed E-state index contributed by atoms with van der Waals surface area (Å²) in [4.78, 5) is 11.1. The maximum atomic E-state index is 11.1. The average molecular weight is 348 g/mol. The van der Waals surface area contributed by atoms with Crippen LogP contribution in [0.3, 0.4) is 0 Å². The average Bonchev–Trinajstić information content (AvgIpc) is 2.59. The van der Waals surface area contributed by atoms with Crippen LogP contribution in [0.25, 0.3) is 0 Å². The highest BCUT2D eigenvalue weighted by molar-refractivity contribution is 5.73. The van der Waals surface area contributed by atoms with Crippen molar-refractivity contribution in [3.63, 3.8) is 0 Å². The Morgan fingerprint density at radius 1 is 1.42 bits per heavy atom. The molecule has 6 atom stereocenters. The van der Waals surface area contributed by atoms with Crippen LogP contribution in [0.2, 0.25) is 0 Å². The molecular weight excluding hydrogens is 322 g/mol. The maximum Gasteiger partial charge on any atom is 0.335 e. The van der Waals surface area contributed by atoms with Crippen LogP contribution in [0, 0.1) is 0 Å². The van der Waals surface area contributed by atoms with Gasteiger partial charge in [-0.3, -0.25) is 0 Å². The molecule has 0 saturated carbocycles. The Balaban J connectivity index is 2.20. The Labute approximate surface area is 145 Å². The summed E-state index contributed by atoms with van der Waals surface area (Å²) in [6.07, 6.45) is -11.1. The Bertz CT molecular complexity index is 733. The highest BCUT2D eigenvalue weighted by Crippen LogP contribution is 2.26. The lowest BCUT2D eigenvalue weighted by atomic mass is 9.99. The zero-order valence-electron chi connectivity index (χ0n) is 17.2. The van der Waals surface area contributed by atoms with E-state index in [1.165, 1.54) is 18.2 Å². The van der Waals surface area contributed by atoms with Gasteiger partial charge in [0.05, 0.1) is 6.10 Å². The smallest absolute Gasteiger partial charge is 0.335 e. The van der Waals surface area contributed by atoms with E-state index >= 15 is 0 Å². The summed E-state index contributed by atoms with van der Waals surface area (Å²) in [6.45, 7) is -5.60. The number of aliphatic carboxylic acids is 1. The molecular formula is C15H21NO8. The van der Waals surface area contributed by atoms with Gasteiger partial charge in [-0.25, -0.2) is 4.79 Å². The van der Waals surface area contributed by atoms with Gasteiger partial charge in [0.15, 0.2) is 6.10 Å². The lowest BCUT2D eigenvalue weighted by Crippen LogP contribution is -2.61. The van der Waals surface area contributed by atoms with Crippen molar-refractivity contribution in [2.24, 2.45) is 0 Å². The van der Waals surface area contributed by atoms with Gasteiger partial charge < -0.3 is 40.3 Å². The molecule has 24 heavy (non-hydrogen) atoms. The normalized spacial score (nSPS) is 35.7. The monoisotopic (exact) mass is 348 g/mol. The van der Waals surface area contributed by atoms with Crippen LogP contribution >= 0.6 is 0 Å². The number of hydrogen-bond acceptors (Lipinski definition) is 8. The second kappa shape index (κ2) is 7.88. The number of ether oxygens (including phenoxy) is 2. The molecule has 0 amide bonds. The number of hydrogen-bond donors (Lipinski definition) is 6. The molecule has 0 aromatic heterocycles. The van der Waals surface area contributed by atoms with Gasteiger partial charge in [-0.05, 0) is 24.7 Å². The number of likely N-dealkylation sites (N-methyl/N-ethyl adjacent to an activating group) is 1. The maximum absolute atomic E-state index is 11.1. The number of aliphatic hydroxyl groups excluding tert-OH is 4. The lowest BCUT2D eigenvalue weighted by Gasteiger charge is -2.38. The third kappa shape index (κ3) is 4.01. The van der Waals surface area contributed by atoms with Crippen LogP contribution in [0.5, 0.6) is 5.75 Å². The lowest BCUT2D eigenvalue weighted by molar-refractivity contribution is -0.271. The summed E-state index contributed by atoms with van der Waals surface area (Å²) in [5, 5.41) is 50.4. The first-order valence-electron chi connectivity index (χ1n) is 9.39. The molecule has 0 unspecified atom stereocenters. The first kappa shape index (κ1) is 12.6. The van der Waals surface area contributed by atoms with Crippen molar-refractivity contribution in [3.8, 4) is 5.75 Å². The molecule has 0 bridgehead atoms. The Hall–Kier alpha value is -1.75. The van der Waals surface area contributed by atoms with Crippen LogP contribution in [0.4, 0.5) is 0 Å². The molecule has 9 nitrogen and oxygen atoms in total. The second-order valence-corrected chi connectivity index (χ2v) is 5.10. The molecule has 1 saturated heterocycles. The summed E-state index contributed by atoms with van der Waals surface area (Å²) in [7, 11) is 0. The predicted molar refractivity (Wildman–Crippen MR) is 80.3 cm³/mol. The van der Waals surface area contributed by atoms with Crippen molar-refractivity contribution in [1.82, 2.24) is 5.32 Å². The van der Waals surface area contributed by atoms with Crippen LogP contribution in [0.1, 0.15) is 18.5 Å². The summed E-state index contributed by atoms with van der Waals surface area (Å²) in [6, 6.07) is 5.04. The van der Waals surface area contributed by atoms with E-state index in [1.54, 1.807) is 5.32 Å². The number of carboxylic acid groups (broad SMARTS) is 1. The van der Waals surface area contributed by atoms with E-state index in [1.807, 2.05) is 0 Å². The van der Waals surface area contributed by atoms with E-state index in [2.05, 4.69) is 0 Å².